The van der Waals surface area contributed by atoms with Crippen molar-refractivity contribution in [2.45, 2.75) is 0 Å². The maximum absolute atomic E-state index is 11.2. The number of nitrogens with two attached hydrogens (primary N) is 1. The predicted molar refractivity (Wildman–Crippen MR) is 73.1 cm³/mol. The molecule has 0 unspecified atom stereocenters. The molecule has 0 heterocycles. The molecule has 0 aliphatic rings. The molecule has 0 aliphatic carbocycles. The van der Waals surface area contributed by atoms with Crippen molar-refractivity contribution in [1.82, 2.24) is 0 Å². The molecule has 0 radical (unpaired) electrons. The molecule has 0 spiro atoms. The Bertz CT molecular complexity index is 566. The Morgan fingerprint density at radius 2 is 1.65 bits per heavy atom. The molecule has 0 aromatic heterocycles. The number of carbonyl (C=O) groups is 1. The van der Waals surface area contributed by atoms with E-state index in [9.17, 15) is 4.79 Å². The van der Waals surface area contributed by atoms with Gasteiger partial charge in [0, 0.05) is 9.50 Å². The van der Waals surface area contributed by atoms with Gasteiger partial charge in [0.1, 0.15) is 0 Å². The molecular formula is C13H9BrClNO. The summed E-state index contributed by atoms with van der Waals surface area (Å²) in [7, 11) is 0. The van der Waals surface area contributed by atoms with Gasteiger partial charge in [-0.05, 0) is 51.3 Å². The molecule has 2 aromatic carbocycles. The van der Waals surface area contributed by atoms with E-state index < -0.39 is 5.91 Å². The Morgan fingerprint density at radius 1 is 1.06 bits per heavy atom. The highest BCUT2D eigenvalue weighted by Crippen LogP contribution is 2.26. The van der Waals surface area contributed by atoms with Crippen LogP contribution in [0.3, 0.4) is 0 Å². The van der Waals surface area contributed by atoms with E-state index in [1.807, 2.05) is 36.4 Å². The van der Waals surface area contributed by atoms with Crippen molar-refractivity contribution in [2.24, 2.45) is 5.73 Å². The van der Waals surface area contributed by atoms with E-state index >= 15 is 0 Å². The van der Waals surface area contributed by atoms with E-state index in [1.165, 1.54) is 0 Å². The van der Waals surface area contributed by atoms with Crippen LogP contribution in [0.15, 0.2) is 46.9 Å². The summed E-state index contributed by atoms with van der Waals surface area (Å²) in [5.41, 5.74) is 7.68. The minimum absolute atomic E-state index is 0.451. The highest BCUT2D eigenvalue weighted by molar-refractivity contribution is 9.10. The minimum atomic E-state index is -0.451. The third-order valence-electron chi connectivity index (χ3n) is 2.41. The third-order valence-corrected chi connectivity index (χ3v) is 3.35. The van der Waals surface area contributed by atoms with E-state index in [0.717, 1.165) is 11.1 Å². The summed E-state index contributed by atoms with van der Waals surface area (Å²) in [5, 5.41) is 0.681. The number of hydrogen-bond acceptors (Lipinski definition) is 1. The summed E-state index contributed by atoms with van der Waals surface area (Å²) in [6.07, 6.45) is 0. The summed E-state index contributed by atoms with van der Waals surface area (Å²) >= 11 is 9.12. The molecule has 86 valence electrons. The first-order valence-electron chi connectivity index (χ1n) is 4.93. The van der Waals surface area contributed by atoms with Gasteiger partial charge < -0.3 is 5.73 Å². The van der Waals surface area contributed by atoms with Gasteiger partial charge >= 0.3 is 0 Å². The molecule has 0 bridgehead atoms. The van der Waals surface area contributed by atoms with Gasteiger partial charge in [0.15, 0.2) is 0 Å². The first kappa shape index (κ1) is 12.1. The lowest BCUT2D eigenvalue weighted by molar-refractivity contribution is 0.0999. The largest absolute Gasteiger partial charge is 0.366 e. The molecule has 17 heavy (non-hydrogen) atoms. The summed E-state index contributed by atoms with van der Waals surface area (Å²) in [6.45, 7) is 0. The van der Waals surface area contributed by atoms with Crippen LogP contribution in [-0.4, -0.2) is 5.91 Å². The molecule has 2 nitrogen and oxygen atoms in total. The second-order valence-corrected chi connectivity index (χ2v) is 4.86. The molecule has 2 aromatic rings. The molecule has 0 saturated carbocycles. The third kappa shape index (κ3) is 2.68. The second kappa shape index (κ2) is 4.90. The van der Waals surface area contributed by atoms with Crippen molar-refractivity contribution in [3.8, 4) is 11.1 Å². The fourth-order valence-electron chi connectivity index (χ4n) is 1.54. The second-order valence-electron chi connectivity index (χ2n) is 3.57. The van der Waals surface area contributed by atoms with E-state index in [2.05, 4.69) is 15.9 Å². The maximum Gasteiger partial charge on any atom is 0.249 e. The number of hydrogen-bond donors (Lipinski definition) is 1. The van der Waals surface area contributed by atoms with Crippen LogP contribution in [0.1, 0.15) is 10.4 Å². The van der Waals surface area contributed by atoms with Crippen LogP contribution in [-0.2, 0) is 0 Å². The van der Waals surface area contributed by atoms with E-state index in [4.69, 9.17) is 17.3 Å². The number of rotatable bonds is 2. The van der Waals surface area contributed by atoms with Crippen molar-refractivity contribution < 1.29 is 4.79 Å². The van der Waals surface area contributed by atoms with Crippen molar-refractivity contribution in [1.29, 1.82) is 0 Å². The first-order chi connectivity index (χ1) is 8.08. The zero-order valence-electron chi connectivity index (χ0n) is 8.78. The molecule has 2 rings (SSSR count). The van der Waals surface area contributed by atoms with Gasteiger partial charge in [-0.2, -0.15) is 0 Å². The number of benzene rings is 2. The number of carbonyl (C=O) groups excluding carboxylic acids is 1. The van der Waals surface area contributed by atoms with Crippen molar-refractivity contribution >= 4 is 33.4 Å². The maximum atomic E-state index is 11.2. The smallest absolute Gasteiger partial charge is 0.249 e. The summed E-state index contributed by atoms with van der Waals surface area (Å²) in [6, 6.07) is 12.9. The molecule has 0 aliphatic heterocycles. The number of primary amides is 1. The lowest BCUT2D eigenvalue weighted by Gasteiger charge is -2.05. The average Bonchev–Trinajstić information content (AvgIpc) is 2.30. The quantitative estimate of drug-likeness (QED) is 0.899. The summed E-state index contributed by atoms with van der Waals surface area (Å²) in [5.74, 6) is -0.451. The van der Waals surface area contributed by atoms with E-state index in [-0.39, 0.29) is 0 Å². The topological polar surface area (TPSA) is 43.1 Å². The predicted octanol–water partition coefficient (Wildman–Crippen LogP) is 3.87. The van der Waals surface area contributed by atoms with Gasteiger partial charge in [0.2, 0.25) is 5.91 Å². The summed E-state index contributed by atoms with van der Waals surface area (Å²) in [4.78, 5) is 11.2. The molecule has 4 heteroatoms. The Labute approximate surface area is 113 Å². The monoisotopic (exact) mass is 309 g/mol. The zero-order valence-corrected chi connectivity index (χ0v) is 11.1. The molecule has 0 saturated heterocycles. The van der Waals surface area contributed by atoms with Gasteiger partial charge in [0.05, 0.1) is 5.56 Å². The van der Waals surface area contributed by atoms with Crippen LogP contribution in [0.4, 0.5) is 0 Å². The standard InChI is InChI=1S/C13H9BrClNO/c14-12-6-3-9(7-11(12)13(16)17)8-1-4-10(15)5-2-8/h1-7H,(H2,16,17). The number of halogens is 2. The molecule has 0 atom stereocenters. The molecular weight excluding hydrogens is 302 g/mol. The van der Waals surface area contributed by atoms with Gasteiger partial charge in [-0.1, -0.05) is 29.8 Å². The minimum Gasteiger partial charge on any atom is -0.366 e. The highest BCUT2D eigenvalue weighted by Gasteiger charge is 2.08. The fourth-order valence-corrected chi connectivity index (χ4v) is 2.10. The van der Waals surface area contributed by atoms with Crippen LogP contribution in [0.2, 0.25) is 5.02 Å². The Balaban J connectivity index is 2.50. The van der Waals surface area contributed by atoms with Crippen LogP contribution < -0.4 is 5.73 Å². The molecule has 0 fully saturated rings. The van der Waals surface area contributed by atoms with Gasteiger partial charge in [-0.25, -0.2) is 0 Å². The average molecular weight is 311 g/mol. The van der Waals surface area contributed by atoms with Crippen molar-refractivity contribution in [3.05, 3.63) is 57.5 Å². The van der Waals surface area contributed by atoms with Crippen LogP contribution in [0.25, 0.3) is 11.1 Å². The zero-order chi connectivity index (χ0) is 12.4. The fraction of sp³-hybridized carbons (Fsp3) is 0. The SMILES string of the molecule is NC(=O)c1cc(-c2ccc(Cl)cc2)ccc1Br. The Morgan fingerprint density at radius 3 is 2.24 bits per heavy atom. The highest BCUT2D eigenvalue weighted by atomic mass is 79.9. The van der Waals surface area contributed by atoms with Gasteiger partial charge in [0.25, 0.3) is 0 Å². The van der Waals surface area contributed by atoms with E-state index in [1.54, 1.807) is 6.07 Å². The van der Waals surface area contributed by atoms with Gasteiger partial charge in [-0.3, -0.25) is 4.79 Å². The molecule has 2 N–H and O–H groups in total. The molecule has 1 amide bonds. The van der Waals surface area contributed by atoms with Crippen LogP contribution >= 0.6 is 27.5 Å². The Kier molecular flexibility index (Phi) is 3.50. The normalized spacial score (nSPS) is 10.2. The van der Waals surface area contributed by atoms with Gasteiger partial charge in [-0.15, -0.1) is 0 Å². The van der Waals surface area contributed by atoms with Crippen molar-refractivity contribution in [2.75, 3.05) is 0 Å². The van der Waals surface area contributed by atoms with E-state index in [0.29, 0.717) is 15.1 Å². The summed E-state index contributed by atoms with van der Waals surface area (Å²) < 4.78 is 0.697. The van der Waals surface area contributed by atoms with Crippen LogP contribution in [0, 0.1) is 0 Å². The Hall–Kier alpha value is -1.32. The number of amides is 1. The van der Waals surface area contributed by atoms with Crippen molar-refractivity contribution in [3.63, 3.8) is 0 Å². The van der Waals surface area contributed by atoms with Crippen LogP contribution in [0.5, 0.6) is 0 Å². The first-order valence-corrected chi connectivity index (χ1v) is 6.10. The lowest BCUT2D eigenvalue weighted by atomic mass is 10.0. The lowest BCUT2D eigenvalue weighted by Crippen LogP contribution is -2.11.